The van der Waals surface area contributed by atoms with Crippen LogP contribution in [0, 0.1) is 0 Å². The molecular formula is C25H24F3N5O4. The van der Waals surface area contributed by atoms with Gasteiger partial charge in [-0.05, 0) is 35.4 Å². The van der Waals surface area contributed by atoms with E-state index in [0.29, 0.717) is 22.7 Å². The van der Waals surface area contributed by atoms with Gasteiger partial charge in [0.15, 0.2) is 17.1 Å². The molecule has 0 aliphatic rings. The molecule has 0 spiro atoms. The number of amides is 1. The second kappa shape index (κ2) is 10.7. The zero-order valence-electron chi connectivity index (χ0n) is 20.1. The van der Waals surface area contributed by atoms with Gasteiger partial charge in [0, 0.05) is 6.54 Å². The molecule has 4 aromatic rings. The van der Waals surface area contributed by atoms with Crippen LogP contribution in [0.15, 0.2) is 59.8 Å². The fraction of sp³-hybridized carbons (Fsp3) is 0.280. The van der Waals surface area contributed by atoms with Gasteiger partial charge in [0.25, 0.3) is 5.56 Å². The minimum Gasteiger partial charge on any atom is -0.493 e. The molecule has 1 amide bonds. The average molecular weight is 515 g/mol. The minimum atomic E-state index is -4.47. The van der Waals surface area contributed by atoms with E-state index in [2.05, 4.69) is 15.4 Å². The van der Waals surface area contributed by atoms with Gasteiger partial charge >= 0.3 is 6.18 Å². The zero-order valence-corrected chi connectivity index (χ0v) is 20.1. The van der Waals surface area contributed by atoms with Gasteiger partial charge in [0.2, 0.25) is 5.91 Å². The lowest BCUT2D eigenvalue weighted by atomic mass is 10.1. The molecule has 0 unspecified atom stereocenters. The van der Waals surface area contributed by atoms with Gasteiger partial charge in [0.05, 0.1) is 45.5 Å². The van der Waals surface area contributed by atoms with Crippen LogP contribution in [0.3, 0.4) is 0 Å². The van der Waals surface area contributed by atoms with Crippen LogP contribution >= 0.6 is 0 Å². The van der Waals surface area contributed by atoms with E-state index >= 15 is 0 Å². The quantitative estimate of drug-likeness (QED) is 0.368. The van der Waals surface area contributed by atoms with Crippen molar-refractivity contribution in [1.82, 2.24) is 24.6 Å². The summed E-state index contributed by atoms with van der Waals surface area (Å²) in [5.74, 6) is 0.888. The number of halogens is 3. The number of ether oxygens (including phenoxy) is 2. The summed E-state index contributed by atoms with van der Waals surface area (Å²) in [5.41, 5.74) is 0.184. The molecular weight excluding hydrogens is 491 g/mol. The Bertz CT molecular complexity index is 1480. The Labute approximate surface area is 209 Å². The highest BCUT2D eigenvalue weighted by Crippen LogP contribution is 2.30. The summed E-state index contributed by atoms with van der Waals surface area (Å²) >= 11 is 0. The summed E-state index contributed by atoms with van der Waals surface area (Å²) in [6.07, 6.45) is -1.70. The number of hydrogen-bond acceptors (Lipinski definition) is 6. The molecule has 4 rings (SSSR count). The summed E-state index contributed by atoms with van der Waals surface area (Å²) in [6, 6.07) is 10.0. The van der Waals surface area contributed by atoms with E-state index in [1.165, 1.54) is 48.1 Å². The van der Waals surface area contributed by atoms with Crippen LogP contribution in [0.4, 0.5) is 13.2 Å². The predicted molar refractivity (Wildman–Crippen MR) is 129 cm³/mol. The fourth-order valence-corrected chi connectivity index (χ4v) is 3.86. The van der Waals surface area contributed by atoms with Crippen LogP contribution in [0.1, 0.15) is 16.7 Å². The molecule has 0 atom stereocenters. The first-order valence-corrected chi connectivity index (χ1v) is 11.2. The van der Waals surface area contributed by atoms with Crippen molar-refractivity contribution in [2.75, 3.05) is 20.8 Å². The standard InChI is InChI=1S/C25H24F3N5O4/c1-36-20-7-6-16(11-21(20)37-2)12-22(34)29-8-9-33-23-19(13-31-33)24(35)32(15-30-23)14-17-4-3-5-18(10-17)25(26,27)28/h3-7,10-11,13,15H,8-9,12,14H2,1-2H3,(H,29,34). The van der Waals surface area contributed by atoms with E-state index in [4.69, 9.17) is 9.47 Å². The van der Waals surface area contributed by atoms with Crippen molar-refractivity contribution in [2.24, 2.45) is 0 Å². The third-order valence-corrected chi connectivity index (χ3v) is 5.69. The van der Waals surface area contributed by atoms with Gasteiger partial charge in [0.1, 0.15) is 11.7 Å². The second-order valence-corrected chi connectivity index (χ2v) is 8.20. The van der Waals surface area contributed by atoms with Crippen LogP contribution in [-0.2, 0) is 30.5 Å². The lowest BCUT2D eigenvalue weighted by Crippen LogP contribution is -2.29. The SMILES string of the molecule is COc1ccc(CC(=O)NCCn2ncc3c(=O)n(Cc4cccc(C(F)(F)F)c4)cnc32)cc1OC. The van der Waals surface area contributed by atoms with Crippen molar-refractivity contribution in [3.63, 3.8) is 0 Å². The summed E-state index contributed by atoms with van der Waals surface area (Å²) in [7, 11) is 3.05. The molecule has 0 saturated heterocycles. The first kappa shape index (κ1) is 25.7. The highest BCUT2D eigenvalue weighted by atomic mass is 19.4. The van der Waals surface area contributed by atoms with Crippen molar-refractivity contribution in [3.8, 4) is 11.5 Å². The van der Waals surface area contributed by atoms with E-state index in [-0.39, 0.29) is 37.3 Å². The van der Waals surface area contributed by atoms with Crippen LogP contribution in [0.5, 0.6) is 11.5 Å². The Morgan fingerprint density at radius 3 is 2.57 bits per heavy atom. The molecule has 0 saturated carbocycles. The van der Waals surface area contributed by atoms with Crippen LogP contribution in [0.2, 0.25) is 0 Å². The number of benzene rings is 2. The van der Waals surface area contributed by atoms with Gasteiger partial charge in [-0.25, -0.2) is 9.67 Å². The molecule has 0 bridgehead atoms. The first-order chi connectivity index (χ1) is 17.7. The smallest absolute Gasteiger partial charge is 0.416 e. The third kappa shape index (κ3) is 5.90. The molecule has 2 heterocycles. The summed E-state index contributed by atoms with van der Waals surface area (Å²) < 4.78 is 52.1. The molecule has 0 aliphatic heterocycles. The third-order valence-electron chi connectivity index (χ3n) is 5.69. The number of rotatable bonds is 9. The summed E-state index contributed by atoms with van der Waals surface area (Å²) in [6.45, 7) is 0.451. The second-order valence-electron chi connectivity index (χ2n) is 8.20. The highest BCUT2D eigenvalue weighted by molar-refractivity contribution is 5.78. The van der Waals surface area contributed by atoms with Crippen LogP contribution < -0.4 is 20.3 Å². The maximum Gasteiger partial charge on any atom is 0.416 e. The molecule has 0 fully saturated rings. The number of nitrogens with zero attached hydrogens (tertiary/aromatic N) is 4. The number of carbonyl (C=O) groups excluding carboxylic acids is 1. The number of nitrogens with one attached hydrogen (secondary N) is 1. The monoisotopic (exact) mass is 515 g/mol. The molecule has 1 N–H and O–H groups in total. The Kier molecular flexibility index (Phi) is 7.46. The molecule has 37 heavy (non-hydrogen) atoms. The highest BCUT2D eigenvalue weighted by Gasteiger charge is 2.30. The molecule has 194 valence electrons. The van der Waals surface area contributed by atoms with Gasteiger partial charge in [-0.3, -0.25) is 14.2 Å². The van der Waals surface area contributed by atoms with Gasteiger partial charge in [-0.2, -0.15) is 18.3 Å². The van der Waals surface area contributed by atoms with Crippen LogP contribution in [0.25, 0.3) is 11.0 Å². The number of methoxy groups -OCH3 is 2. The Balaban J connectivity index is 1.39. The van der Waals surface area contributed by atoms with Crippen molar-refractivity contribution in [3.05, 3.63) is 82.0 Å². The number of alkyl halides is 3. The molecule has 2 aromatic heterocycles. The van der Waals surface area contributed by atoms with Crippen molar-refractivity contribution < 1.29 is 27.4 Å². The average Bonchev–Trinajstić information content (AvgIpc) is 3.29. The van der Waals surface area contributed by atoms with Gasteiger partial charge in [-0.15, -0.1) is 0 Å². The lowest BCUT2D eigenvalue weighted by molar-refractivity contribution is -0.137. The summed E-state index contributed by atoms with van der Waals surface area (Å²) in [5, 5.41) is 7.21. The predicted octanol–water partition coefficient (Wildman–Crippen LogP) is 3.04. The van der Waals surface area contributed by atoms with E-state index in [0.717, 1.165) is 17.7 Å². The van der Waals surface area contributed by atoms with Crippen molar-refractivity contribution in [1.29, 1.82) is 0 Å². The maximum atomic E-state index is 13.0. The number of fused-ring (bicyclic) bond motifs is 1. The van der Waals surface area contributed by atoms with Crippen LogP contribution in [-0.4, -0.2) is 46.0 Å². The normalized spacial score (nSPS) is 11.5. The largest absolute Gasteiger partial charge is 0.493 e. The molecule has 9 nitrogen and oxygen atoms in total. The molecule has 0 aliphatic carbocycles. The van der Waals surface area contributed by atoms with Gasteiger partial charge in [-0.1, -0.05) is 18.2 Å². The number of hydrogen-bond donors (Lipinski definition) is 1. The van der Waals surface area contributed by atoms with Gasteiger partial charge < -0.3 is 14.8 Å². The van der Waals surface area contributed by atoms with E-state index in [1.807, 2.05) is 0 Å². The number of aromatic nitrogens is 4. The van der Waals surface area contributed by atoms with E-state index in [9.17, 15) is 22.8 Å². The summed E-state index contributed by atoms with van der Waals surface area (Å²) in [4.78, 5) is 29.5. The van der Waals surface area contributed by atoms with E-state index in [1.54, 1.807) is 18.2 Å². The van der Waals surface area contributed by atoms with Crippen molar-refractivity contribution in [2.45, 2.75) is 25.7 Å². The van der Waals surface area contributed by atoms with E-state index < -0.39 is 17.3 Å². The zero-order chi connectivity index (χ0) is 26.6. The first-order valence-electron chi connectivity index (χ1n) is 11.2. The molecule has 2 aromatic carbocycles. The molecule has 0 radical (unpaired) electrons. The Hall–Kier alpha value is -4.35. The fourth-order valence-electron chi connectivity index (χ4n) is 3.86. The number of carbonyl (C=O) groups is 1. The Morgan fingerprint density at radius 1 is 1.05 bits per heavy atom. The molecule has 12 heteroatoms. The Morgan fingerprint density at radius 2 is 1.84 bits per heavy atom. The van der Waals surface area contributed by atoms with Crippen molar-refractivity contribution >= 4 is 16.9 Å². The maximum absolute atomic E-state index is 13.0. The lowest BCUT2D eigenvalue weighted by Gasteiger charge is -2.11. The topological polar surface area (TPSA) is 100 Å². The minimum absolute atomic E-state index is 0.0664.